The quantitative estimate of drug-likeness (QED) is 0.866. The van der Waals surface area contributed by atoms with Crippen LogP contribution >= 0.6 is 12.4 Å². The van der Waals surface area contributed by atoms with Crippen LogP contribution in [0.4, 0.5) is 8.78 Å². The standard InChI is InChI=1S/C13H17F2NO.ClH/c14-10-7-6-9(13(17)11(10)15)12(16)8-4-2-1-3-5-8;/h6-8,12,17H,1-5,16H2;1H/t12-;/m0./s1. The van der Waals surface area contributed by atoms with Gasteiger partial charge in [-0.05, 0) is 24.8 Å². The van der Waals surface area contributed by atoms with Crippen LogP contribution in [0.25, 0.3) is 0 Å². The highest BCUT2D eigenvalue weighted by Crippen LogP contribution is 2.37. The van der Waals surface area contributed by atoms with E-state index in [4.69, 9.17) is 5.73 Å². The molecule has 3 N–H and O–H groups in total. The number of benzene rings is 1. The molecule has 18 heavy (non-hydrogen) atoms. The number of phenolic OH excluding ortho intramolecular Hbond substituents is 1. The Balaban J connectivity index is 0.00000162. The minimum Gasteiger partial charge on any atom is -0.505 e. The second-order valence-electron chi connectivity index (χ2n) is 4.72. The van der Waals surface area contributed by atoms with Crippen molar-refractivity contribution in [2.75, 3.05) is 0 Å². The highest BCUT2D eigenvalue weighted by atomic mass is 35.5. The second-order valence-corrected chi connectivity index (χ2v) is 4.72. The van der Waals surface area contributed by atoms with E-state index in [9.17, 15) is 13.9 Å². The van der Waals surface area contributed by atoms with Crippen LogP contribution in [0.15, 0.2) is 12.1 Å². The molecule has 0 heterocycles. The Hall–Kier alpha value is -0.870. The fraction of sp³-hybridized carbons (Fsp3) is 0.538. The van der Waals surface area contributed by atoms with Gasteiger partial charge in [0, 0.05) is 11.6 Å². The van der Waals surface area contributed by atoms with Gasteiger partial charge < -0.3 is 10.8 Å². The third-order valence-electron chi connectivity index (χ3n) is 3.62. The van der Waals surface area contributed by atoms with Crippen LogP contribution in [0.1, 0.15) is 43.7 Å². The number of phenols is 1. The molecular weight excluding hydrogens is 260 g/mol. The van der Waals surface area contributed by atoms with Gasteiger partial charge in [-0.1, -0.05) is 25.3 Å². The van der Waals surface area contributed by atoms with Crippen LogP contribution in [-0.4, -0.2) is 5.11 Å². The van der Waals surface area contributed by atoms with Gasteiger partial charge in [0.15, 0.2) is 11.6 Å². The van der Waals surface area contributed by atoms with Crippen LogP contribution in [0.2, 0.25) is 0 Å². The molecule has 0 saturated heterocycles. The van der Waals surface area contributed by atoms with Crippen LogP contribution in [-0.2, 0) is 0 Å². The van der Waals surface area contributed by atoms with Crippen molar-refractivity contribution in [3.8, 4) is 5.75 Å². The maximum atomic E-state index is 13.2. The summed E-state index contributed by atoms with van der Waals surface area (Å²) in [6, 6.07) is 1.99. The Labute approximate surface area is 112 Å². The van der Waals surface area contributed by atoms with Crippen molar-refractivity contribution in [2.24, 2.45) is 11.7 Å². The first-order chi connectivity index (χ1) is 8.11. The minimum atomic E-state index is -1.20. The third-order valence-corrected chi connectivity index (χ3v) is 3.62. The summed E-state index contributed by atoms with van der Waals surface area (Å²) in [4.78, 5) is 0. The zero-order valence-electron chi connectivity index (χ0n) is 10.0. The fourth-order valence-electron chi connectivity index (χ4n) is 2.57. The minimum absolute atomic E-state index is 0. The van der Waals surface area contributed by atoms with Crippen LogP contribution < -0.4 is 5.73 Å². The van der Waals surface area contributed by atoms with Gasteiger partial charge in [0.1, 0.15) is 0 Å². The molecule has 1 aromatic rings. The summed E-state index contributed by atoms with van der Waals surface area (Å²) in [6.45, 7) is 0. The van der Waals surface area contributed by atoms with Gasteiger partial charge in [0.2, 0.25) is 5.82 Å². The van der Waals surface area contributed by atoms with E-state index in [1.807, 2.05) is 0 Å². The Morgan fingerprint density at radius 2 is 1.78 bits per heavy atom. The molecule has 1 saturated carbocycles. The number of aromatic hydroxyl groups is 1. The van der Waals surface area contributed by atoms with E-state index in [1.54, 1.807) is 0 Å². The zero-order valence-corrected chi connectivity index (χ0v) is 10.9. The van der Waals surface area contributed by atoms with Crippen LogP contribution in [0.5, 0.6) is 5.75 Å². The summed E-state index contributed by atoms with van der Waals surface area (Å²) in [5.41, 5.74) is 6.36. The SMILES string of the molecule is Cl.N[C@H](c1ccc(F)c(F)c1O)C1CCCCC1. The number of hydrogen-bond acceptors (Lipinski definition) is 2. The first-order valence-electron chi connectivity index (χ1n) is 6.03. The van der Waals surface area contributed by atoms with E-state index in [0.717, 1.165) is 31.7 Å². The summed E-state index contributed by atoms with van der Waals surface area (Å²) < 4.78 is 26.1. The zero-order chi connectivity index (χ0) is 12.4. The first-order valence-corrected chi connectivity index (χ1v) is 6.03. The summed E-state index contributed by atoms with van der Waals surface area (Å²) in [6.07, 6.45) is 5.40. The lowest BCUT2D eigenvalue weighted by molar-refractivity contribution is 0.299. The Morgan fingerprint density at radius 1 is 1.17 bits per heavy atom. The van der Waals surface area contributed by atoms with Gasteiger partial charge in [0.05, 0.1) is 0 Å². The topological polar surface area (TPSA) is 46.2 Å². The average Bonchev–Trinajstić information content (AvgIpc) is 2.36. The molecule has 1 aliphatic rings. The molecule has 0 amide bonds. The van der Waals surface area contributed by atoms with E-state index in [0.29, 0.717) is 5.56 Å². The molecule has 0 bridgehead atoms. The Kier molecular flexibility index (Phi) is 5.35. The molecule has 1 fully saturated rings. The molecule has 5 heteroatoms. The van der Waals surface area contributed by atoms with E-state index < -0.39 is 23.4 Å². The summed E-state index contributed by atoms with van der Waals surface area (Å²) in [5.74, 6) is -2.63. The van der Waals surface area contributed by atoms with Crippen molar-refractivity contribution >= 4 is 12.4 Å². The van der Waals surface area contributed by atoms with E-state index in [1.165, 1.54) is 12.5 Å². The second kappa shape index (κ2) is 6.34. The molecule has 1 atom stereocenters. The van der Waals surface area contributed by atoms with Gasteiger partial charge in [-0.2, -0.15) is 4.39 Å². The predicted octanol–water partition coefficient (Wildman–Crippen LogP) is 3.67. The first kappa shape index (κ1) is 15.2. The molecule has 2 nitrogen and oxygen atoms in total. The lowest BCUT2D eigenvalue weighted by Crippen LogP contribution is -2.23. The fourth-order valence-corrected chi connectivity index (χ4v) is 2.57. The summed E-state index contributed by atoms with van der Waals surface area (Å²) in [5, 5.41) is 9.58. The van der Waals surface area contributed by atoms with Crippen molar-refractivity contribution in [2.45, 2.75) is 38.1 Å². The summed E-state index contributed by atoms with van der Waals surface area (Å²) in [7, 11) is 0. The van der Waals surface area contributed by atoms with Gasteiger partial charge in [-0.15, -0.1) is 12.4 Å². The molecule has 0 spiro atoms. The van der Waals surface area contributed by atoms with Crippen molar-refractivity contribution in [1.82, 2.24) is 0 Å². The molecular formula is C13H18ClF2NO. The van der Waals surface area contributed by atoms with E-state index in [-0.39, 0.29) is 18.3 Å². The summed E-state index contributed by atoms with van der Waals surface area (Å²) >= 11 is 0. The van der Waals surface area contributed by atoms with E-state index >= 15 is 0 Å². The highest BCUT2D eigenvalue weighted by molar-refractivity contribution is 5.85. The molecule has 102 valence electrons. The maximum Gasteiger partial charge on any atom is 0.200 e. The molecule has 1 aliphatic carbocycles. The number of hydrogen-bond donors (Lipinski definition) is 2. The largest absolute Gasteiger partial charge is 0.505 e. The van der Waals surface area contributed by atoms with Gasteiger partial charge in [0.25, 0.3) is 0 Å². The van der Waals surface area contributed by atoms with Gasteiger partial charge >= 0.3 is 0 Å². The van der Waals surface area contributed by atoms with Gasteiger partial charge in [-0.25, -0.2) is 4.39 Å². The average molecular weight is 278 g/mol. The van der Waals surface area contributed by atoms with Crippen molar-refractivity contribution in [1.29, 1.82) is 0 Å². The lowest BCUT2D eigenvalue weighted by Gasteiger charge is -2.28. The number of rotatable bonds is 2. The van der Waals surface area contributed by atoms with Crippen molar-refractivity contribution in [3.05, 3.63) is 29.3 Å². The van der Waals surface area contributed by atoms with Gasteiger partial charge in [-0.3, -0.25) is 0 Å². The normalized spacial score (nSPS) is 18.2. The smallest absolute Gasteiger partial charge is 0.200 e. The Bertz CT molecular complexity index is 408. The van der Waals surface area contributed by atoms with Crippen LogP contribution in [0.3, 0.4) is 0 Å². The molecule has 0 aliphatic heterocycles. The van der Waals surface area contributed by atoms with Crippen molar-refractivity contribution < 1.29 is 13.9 Å². The number of halogens is 3. The molecule has 1 aromatic carbocycles. The molecule has 0 aromatic heterocycles. The monoisotopic (exact) mass is 277 g/mol. The van der Waals surface area contributed by atoms with Crippen molar-refractivity contribution in [3.63, 3.8) is 0 Å². The highest BCUT2D eigenvalue weighted by Gasteiger charge is 2.25. The lowest BCUT2D eigenvalue weighted by atomic mass is 9.81. The molecule has 2 rings (SSSR count). The third kappa shape index (κ3) is 2.93. The van der Waals surface area contributed by atoms with E-state index in [2.05, 4.69) is 0 Å². The Morgan fingerprint density at radius 3 is 2.39 bits per heavy atom. The predicted molar refractivity (Wildman–Crippen MR) is 68.8 cm³/mol. The molecule has 0 unspecified atom stereocenters. The molecule has 0 radical (unpaired) electrons. The number of nitrogens with two attached hydrogens (primary N) is 1. The van der Waals surface area contributed by atoms with Crippen LogP contribution in [0, 0.1) is 17.6 Å². The maximum absolute atomic E-state index is 13.2.